The highest BCUT2D eigenvalue weighted by Gasteiger charge is 2.19. The monoisotopic (exact) mass is 479 g/mol. The highest BCUT2D eigenvalue weighted by atomic mass is 16.7. The van der Waals surface area contributed by atoms with Gasteiger partial charge >= 0.3 is 0 Å². The summed E-state index contributed by atoms with van der Waals surface area (Å²) in [6, 6.07) is 15.3. The van der Waals surface area contributed by atoms with Gasteiger partial charge in [-0.15, -0.1) is 0 Å². The van der Waals surface area contributed by atoms with Gasteiger partial charge in [-0.2, -0.15) is 10.3 Å². The summed E-state index contributed by atoms with van der Waals surface area (Å²) in [5, 5.41) is 10.2. The number of benzene rings is 1. The van der Waals surface area contributed by atoms with E-state index in [1.807, 2.05) is 13.0 Å². The van der Waals surface area contributed by atoms with Crippen LogP contribution in [0, 0.1) is 18.3 Å². The number of nitriles is 1. The number of furan rings is 1. The van der Waals surface area contributed by atoms with Gasteiger partial charge < -0.3 is 18.5 Å². The number of aryl methyl sites for hydroxylation is 1. The molecule has 0 aliphatic carbocycles. The summed E-state index contributed by atoms with van der Waals surface area (Å²) in [6.07, 6.45) is 3.14. The van der Waals surface area contributed by atoms with Crippen LogP contribution in [0.3, 0.4) is 0 Å². The Morgan fingerprint density at radius 2 is 2.00 bits per heavy atom. The van der Waals surface area contributed by atoms with Crippen molar-refractivity contribution >= 4 is 22.6 Å². The molecule has 176 valence electrons. The smallest absolute Gasteiger partial charge is 0.279 e. The van der Waals surface area contributed by atoms with Crippen LogP contribution in [0.15, 0.2) is 75.2 Å². The number of rotatable bonds is 3. The summed E-state index contributed by atoms with van der Waals surface area (Å²) in [5.74, 6) is 0.922. The van der Waals surface area contributed by atoms with Crippen LogP contribution in [0.25, 0.3) is 16.7 Å². The van der Waals surface area contributed by atoms with Crippen LogP contribution in [0.5, 0.6) is 11.5 Å². The molecule has 1 aliphatic rings. The molecule has 6 rings (SSSR count). The number of aromatic nitrogens is 3. The molecule has 4 aromatic heterocycles. The van der Waals surface area contributed by atoms with E-state index < -0.39 is 5.91 Å². The Morgan fingerprint density at radius 3 is 2.81 bits per heavy atom. The molecule has 0 saturated heterocycles. The zero-order valence-corrected chi connectivity index (χ0v) is 19.0. The van der Waals surface area contributed by atoms with Crippen molar-refractivity contribution in [2.75, 3.05) is 6.79 Å². The van der Waals surface area contributed by atoms with Crippen LogP contribution in [-0.4, -0.2) is 26.7 Å². The van der Waals surface area contributed by atoms with Gasteiger partial charge in [0.15, 0.2) is 17.0 Å². The lowest BCUT2D eigenvalue weighted by Crippen LogP contribution is -2.30. The number of nitrogens with zero attached hydrogens (tertiary/aromatic N) is 5. The van der Waals surface area contributed by atoms with E-state index >= 15 is 0 Å². The van der Waals surface area contributed by atoms with Crippen molar-refractivity contribution in [3.63, 3.8) is 0 Å². The van der Waals surface area contributed by atoms with Crippen LogP contribution < -0.4 is 20.5 Å². The molecule has 0 unspecified atom stereocenters. The van der Waals surface area contributed by atoms with Crippen LogP contribution in [0.1, 0.15) is 27.2 Å². The number of amides is 1. The van der Waals surface area contributed by atoms with Crippen molar-refractivity contribution in [2.24, 2.45) is 4.99 Å². The van der Waals surface area contributed by atoms with Crippen molar-refractivity contribution in [1.29, 1.82) is 5.26 Å². The molecule has 1 amide bonds. The zero-order valence-electron chi connectivity index (χ0n) is 19.0. The molecule has 5 heterocycles. The molecule has 10 heteroatoms. The first-order chi connectivity index (χ1) is 17.5. The predicted octanol–water partition coefficient (Wildman–Crippen LogP) is 2.94. The third kappa shape index (κ3) is 3.42. The Hall–Kier alpha value is -5.17. The molecule has 0 N–H and O–H groups in total. The maximum absolute atomic E-state index is 13.4. The first kappa shape index (κ1) is 21.4. The Bertz CT molecular complexity index is 1860. The molecule has 36 heavy (non-hydrogen) atoms. The summed E-state index contributed by atoms with van der Waals surface area (Å²) < 4.78 is 19.2. The molecule has 0 spiro atoms. The van der Waals surface area contributed by atoms with Crippen molar-refractivity contribution in [2.45, 2.75) is 13.5 Å². The van der Waals surface area contributed by atoms with Gasteiger partial charge in [-0.05, 0) is 55.0 Å². The molecule has 5 aromatic rings. The number of ether oxygens (including phenoxy) is 2. The van der Waals surface area contributed by atoms with E-state index in [0.29, 0.717) is 22.9 Å². The summed E-state index contributed by atoms with van der Waals surface area (Å²) in [7, 11) is 0. The zero-order chi connectivity index (χ0) is 24.8. The van der Waals surface area contributed by atoms with Crippen LogP contribution in [0.2, 0.25) is 0 Å². The Kier molecular flexibility index (Phi) is 4.90. The number of hydrogen-bond acceptors (Lipinski definition) is 7. The fourth-order valence-corrected chi connectivity index (χ4v) is 4.19. The molecule has 1 aromatic carbocycles. The van der Waals surface area contributed by atoms with E-state index in [4.69, 9.17) is 18.9 Å². The van der Waals surface area contributed by atoms with Gasteiger partial charge in [-0.3, -0.25) is 14.0 Å². The topological polar surface area (TPSA) is 124 Å². The SMILES string of the molecule is Cc1cccn2c(=O)c3cc(C#N)c(=NC(=O)c4ccc5c(c4)OCO5)n(Cc4ccco4)c3nc12. The van der Waals surface area contributed by atoms with Crippen LogP contribution >= 0.6 is 0 Å². The van der Waals surface area contributed by atoms with Crippen molar-refractivity contribution in [3.05, 3.63) is 99.3 Å². The summed E-state index contributed by atoms with van der Waals surface area (Å²) in [4.78, 5) is 35.6. The van der Waals surface area contributed by atoms with Gasteiger partial charge in [0.05, 0.1) is 23.8 Å². The largest absolute Gasteiger partial charge is 0.467 e. The van der Waals surface area contributed by atoms with Gasteiger partial charge in [-0.1, -0.05) is 6.07 Å². The second-order valence-electron chi connectivity index (χ2n) is 8.18. The quantitative estimate of drug-likeness (QED) is 0.364. The Morgan fingerprint density at radius 1 is 1.14 bits per heavy atom. The molecule has 0 saturated carbocycles. The lowest BCUT2D eigenvalue weighted by atomic mass is 10.2. The summed E-state index contributed by atoms with van der Waals surface area (Å²) in [6.45, 7) is 2.02. The maximum Gasteiger partial charge on any atom is 0.279 e. The van der Waals surface area contributed by atoms with E-state index in [9.17, 15) is 14.9 Å². The standard InChI is InChI=1S/C26H17N5O5/c1-15-4-2-8-30-22(15)28-24-19(26(30)33)10-17(12-27)23(31(24)13-18-5-3-9-34-18)29-25(32)16-6-7-20-21(11-16)36-14-35-20/h2-11H,13-14H2,1H3. The Balaban J connectivity index is 1.66. The van der Waals surface area contributed by atoms with E-state index in [2.05, 4.69) is 11.1 Å². The van der Waals surface area contributed by atoms with Crippen molar-refractivity contribution < 1.29 is 18.7 Å². The van der Waals surface area contributed by atoms with E-state index in [1.165, 1.54) is 16.7 Å². The van der Waals surface area contributed by atoms with E-state index in [1.54, 1.807) is 47.2 Å². The molecule has 1 aliphatic heterocycles. The predicted molar refractivity (Wildman–Crippen MR) is 127 cm³/mol. The second kappa shape index (κ2) is 8.25. The number of carbonyl (C=O) groups excluding carboxylic acids is 1. The summed E-state index contributed by atoms with van der Waals surface area (Å²) >= 11 is 0. The molecule has 0 radical (unpaired) electrons. The number of fused-ring (bicyclic) bond motifs is 3. The lowest BCUT2D eigenvalue weighted by molar-refractivity contribution is 0.0996. The lowest BCUT2D eigenvalue weighted by Gasteiger charge is -2.13. The van der Waals surface area contributed by atoms with Crippen molar-refractivity contribution in [1.82, 2.24) is 14.0 Å². The van der Waals surface area contributed by atoms with Crippen molar-refractivity contribution in [3.8, 4) is 17.6 Å². The molecule has 0 bridgehead atoms. The highest BCUT2D eigenvalue weighted by molar-refractivity contribution is 5.95. The van der Waals surface area contributed by atoms with Crippen LogP contribution in [-0.2, 0) is 6.54 Å². The third-order valence-electron chi connectivity index (χ3n) is 5.95. The Labute approximate surface area is 202 Å². The fourth-order valence-electron chi connectivity index (χ4n) is 4.19. The van der Waals surface area contributed by atoms with Gasteiger partial charge in [0.25, 0.3) is 11.5 Å². The highest BCUT2D eigenvalue weighted by Crippen LogP contribution is 2.32. The first-order valence-electron chi connectivity index (χ1n) is 11.0. The van der Waals surface area contributed by atoms with Gasteiger partial charge in [0.2, 0.25) is 6.79 Å². The normalized spacial score (nSPS) is 12.8. The number of pyridine rings is 2. The molecular weight excluding hydrogens is 462 g/mol. The third-order valence-corrected chi connectivity index (χ3v) is 5.95. The minimum atomic E-state index is -0.592. The molecule has 10 nitrogen and oxygen atoms in total. The minimum Gasteiger partial charge on any atom is -0.467 e. The molecule has 0 fully saturated rings. The molecule has 0 atom stereocenters. The van der Waals surface area contributed by atoms with Crippen LogP contribution in [0.4, 0.5) is 0 Å². The van der Waals surface area contributed by atoms with Gasteiger partial charge in [0.1, 0.15) is 23.1 Å². The van der Waals surface area contributed by atoms with Gasteiger partial charge in [-0.25, -0.2) is 4.98 Å². The average Bonchev–Trinajstić information content (AvgIpc) is 3.57. The number of carbonyl (C=O) groups is 1. The van der Waals surface area contributed by atoms with E-state index in [0.717, 1.165) is 5.56 Å². The van der Waals surface area contributed by atoms with E-state index in [-0.39, 0.29) is 46.5 Å². The molecular formula is C26H17N5O5. The minimum absolute atomic E-state index is 0.0506. The maximum atomic E-state index is 13.4. The first-order valence-corrected chi connectivity index (χ1v) is 11.0. The average molecular weight is 479 g/mol. The number of hydrogen-bond donors (Lipinski definition) is 0. The summed E-state index contributed by atoms with van der Waals surface area (Å²) in [5.41, 5.74) is 1.57. The second-order valence-corrected chi connectivity index (χ2v) is 8.18. The fraction of sp³-hybridized carbons (Fsp3) is 0.115. The van der Waals surface area contributed by atoms with Gasteiger partial charge in [0, 0.05) is 11.8 Å².